The molecule has 0 spiro atoms. The maximum absolute atomic E-state index is 13.8. The molecule has 0 bridgehead atoms. The van der Waals surface area contributed by atoms with E-state index in [-0.39, 0.29) is 23.2 Å². The van der Waals surface area contributed by atoms with Crippen molar-refractivity contribution >= 4 is 9.84 Å². The number of piperidine rings is 1. The molecule has 2 aliphatic rings. The van der Waals surface area contributed by atoms with E-state index in [1.807, 2.05) is 0 Å². The fourth-order valence-electron chi connectivity index (χ4n) is 4.14. The molecule has 2 aliphatic heterocycles. The van der Waals surface area contributed by atoms with Gasteiger partial charge in [0.05, 0.1) is 24.5 Å². The molecule has 3 heterocycles. The standard InChI is InChI=1S/C21H28FN3O4S/c1-30(26,27)21-23-13-16(25(21)15-18-5-4-12-28-18)14-24-10-8-17(9-11-24)29-20-7-3-2-6-19(20)22/h2-3,6-7,13,17-18H,4-5,8-12,14-15H2,1H3. The average Bonchev–Trinajstić information content (AvgIpc) is 3.36. The zero-order chi connectivity index (χ0) is 21.1. The molecule has 7 nitrogen and oxygen atoms in total. The second-order valence-electron chi connectivity index (χ2n) is 8.07. The van der Waals surface area contributed by atoms with Crippen molar-refractivity contribution in [2.45, 2.75) is 56.1 Å². The number of rotatable bonds is 7. The van der Waals surface area contributed by atoms with Gasteiger partial charge in [0, 0.05) is 32.5 Å². The van der Waals surface area contributed by atoms with Crippen molar-refractivity contribution in [3.05, 3.63) is 42.0 Å². The predicted octanol–water partition coefficient (Wildman–Crippen LogP) is 2.65. The molecule has 1 aromatic heterocycles. The van der Waals surface area contributed by atoms with E-state index in [4.69, 9.17) is 9.47 Å². The largest absolute Gasteiger partial charge is 0.487 e. The molecule has 2 aromatic rings. The van der Waals surface area contributed by atoms with E-state index in [1.165, 1.54) is 12.3 Å². The summed E-state index contributed by atoms with van der Waals surface area (Å²) < 4.78 is 51.5. The van der Waals surface area contributed by atoms with E-state index in [0.717, 1.165) is 51.1 Å². The van der Waals surface area contributed by atoms with Crippen LogP contribution in [0.3, 0.4) is 0 Å². The maximum atomic E-state index is 13.8. The van der Waals surface area contributed by atoms with Crippen LogP contribution in [-0.4, -0.2) is 61.0 Å². The summed E-state index contributed by atoms with van der Waals surface area (Å²) in [6, 6.07) is 6.47. The highest BCUT2D eigenvalue weighted by atomic mass is 32.2. The van der Waals surface area contributed by atoms with Crippen molar-refractivity contribution in [2.75, 3.05) is 26.0 Å². The van der Waals surface area contributed by atoms with Gasteiger partial charge in [0.1, 0.15) is 6.10 Å². The highest BCUT2D eigenvalue weighted by Gasteiger charge is 2.26. The van der Waals surface area contributed by atoms with Crippen LogP contribution in [0, 0.1) is 5.82 Å². The molecule has 9 heteroatoms. The van der Waals surface area contributed by atoms with Crippen LogP contribution in [0.2, 0.25) is 0 Å². The Kier molecular flexibility index (Phi) is 6.40. The summed E-state index contributed by atoms with van der Waals surface area (Å²) in [4.78, 5) is 6.46. The van der Waals surface area contributed by atoms with Gasteiger partial charge in [-0.25, -0.2) is 17.8 Å². The number of likely N-dealkylation sites (tertiary alicyclic amines) is 1. The van der Waals surface area contributed by atoms with Crippen LogP contribution in [0.4, 0.5) is 4.39 Å². The summed E-state index contributed by atoms with van der Waals surface area (Å²) in [5, 5.41) is 0.103. The van der Waals surface area contributed by atoms with Crippen LogP contribution < -0.4 is 4.74 Å². The molecule has 2 fully saturated rings. The molecule has 164 valence electrons. The summed E-state index contributed by atoms with van der Waals surface area (Å²) in [6.07, 6.45) is 6.35. The van der Waals surface area contributed by atoms with Crippen LogP contribution in [-0.2, 0) is 27.7 Å². The Morgan fingerprint density at radius 2 is 2.00 bits per heavy atom. The smallest absolute Gasteiger partial charge is 0.227 e. The van der Waals surface area contributed by atoms with Crippen molar-refractivity contribution in [1.29, 1.82) is 0 Å². The second-order valence-corrected chi connectivity index (χ2v) is 9.98. The fourth-order valence-corrected chi connectivity index (χ4v) is 4.97. The lowest BCUT2D eigenvalue weighted by Crippen LogP contribution is -2.38. The van der Waals surface area contributed by atoms with E-state index in [9.17, 15) is 12.8 Å². The van der Waals surface area contributed by atoms with Crippen LogP contribution in [0.25, 0.3) is 0 Å². The summed E-state index contributed by atoms with van der Waals surface area (Å²) in [6.45, 7) is 3.42. The predicted molar refractivity (Wildman–Crippen MR) is 110 cm³/mol. The highest BCUT2D eigenvalue weighted by Crippen LogP contribution is 2.24. The molecular formula is C21H28FN3O4S. The van der Waals surface area contributed by atoms with Crippen LogP contribution in [0.15, 0.2) is 35.6 Å². The minimum atomic E-state index is -3.42. The van der Waals surface area contributed by atoms with Gasteiger partial charge in [-0.2, -0.15) is 0 Å². The van der Waals surface area contributed by atoms with E-state index in [1.54, 1.807) is 29.0 Å². The molecule has 0 N–H and O–H groups in total. The van der Waals surface area contributed by atoms with Gasteiger partial charge in [0.2, 0.25) is 15.0 Å². The monoisotopic (exact) mass is 437 g/mol. The Hall–Kier alpha value is -1.97. The quantitative estimate of drug-likeness (QED) is 0.663. The Morgan fingerprint density at radius 1 is 1.23 bits per heavy atom. The Morgan fingerprint density at radius 3 is 2.67 bits per heavy atom. The van der Waals surface area contributed by atoms with E-state index in [2.05, 4.69) is 9.88 Å². The first kappa shape index (κ1) is 21.3. The lowest BCUT2D eigenvalue weighted by molar-refractivity contribution is 0.0854. The van der Waals surface area contributed by atoms with Gasteiger partial charge < -0.3 is 14.0 Å². The van der Waals surface area contributed by atoms with Crippen molar-refractivity contribution in [3.8, 4) is 5.75 Å². The number of aromatic nitrogens is 2. The van der Waals surface area contributed by atoms with Gasteiger partial charge in [-0.3, -0.25) is 4.90 Å². The first-order chi connectivity index (χ1) is 14.4. The van der Waals surface area contributed by atoms with Crippen LogP contribution >= 0.6 is 0 Å². The van der Waals surface area contributed by atoms with Crippen molar-refractivity contribution in [2.24, 2.45) is 0 Å². The SMILES string of the molecule is CS(=O)(=O)c1ncc(CN2CCC(Oc3ccccc3F)CC2)n1CC1CCCO1. The number of nitrogens with zero attached hydrogens (tertiary/aromatic N) is 3. The number of imidazole rings is 1. The third kappa shape index (κ3) is 5.01. The van der Waals surface area contributed by atoms with Gasteiger partial charge in [-0.15, -0.1) is 0 Å². The number of ether oxygens (including phenoxy) is 2. The molecule has 0 aliphatic carbocycles. The lowest BCUT2D eigenvalue weighted by atomic mass is 10.1. The number of sulfone groups is 1. The molecule has 0 saturated carbocycles. The van der Waals surface area contributed by atoms with Crippen molar-refractivity contribution < 1.29 is 22.3 Å². The van der Waals surface area contributed by atoms with Crippen molar-refractivity contribution in [3.63, 3.8) is 0 Å². The molecule has 0 amide bonds. The second kappa shape index (κ2) is 9.03. The van der Waals surface area contributed by atoms with Gasteiger partial charge in [0.25, 0.3) is 0 Å². The van der Waals surface area contributed by atoms with Gasteiger partial charge in [0.15, 0.2) is 11.6 Å². The lowest BCUT2D eigenvalue weighted by Gasteiger charge is -2.32. The summed E-state index contributed by atoms with van der Waals surface area (Å²) in [7, 11) is -3.42. The third-order valence-electron chi connectivity index (χ3n) is 5.69. The normalized spacial score (nSPS) is 21.2. The van der Waals surface area contributed by atoms with E-state index < -0.39 is 9.84 Å². The van der Waals surface area contributed by atoms with Crippen LogP contribution in [0.1, 0.15) is 31.4 Å². The first-order valence-electron chi connectivity index (χ1n) is 10.4. The molecule has 2 saturated heterocycles. The topological polar surface area (TPSA) is 73.7 Å². The molecule has 0 radical (unpaired) electrons. The Balaban J connectivity index is 1.40. The maximum Gasteiger partial charge on any atom is 0.227 e. The highest BCUT2D eigenvalue weighted by molar-refractivity contribution is 7.90. The van der Waals surface area contributed by atoms with E-state index in [0.29, 0.717) is 18.8 Å². The van der Waals surface area contributed by atoms with Crippen LogP contribution in [0.5, 0.6) is 5.75 Å². The van der Waals surface area contributed by atoms with E-state index >= 15 is 0 Å². The molecule has 30 heavy (non-hydrogen) atoms. The summed E-state index contributed by atoms with van der Waals surface area (Å²) >= 11 is 0. The number of halogens is 1. The summed E-state index contributed by atoms with van der Waals surface area (Å²) in [5.41, 5.74) is 0.874. The zero-order valence-corrected chi connectivity index (χ0v) is 18.0. The molecule has 1 unspecified atom stereocenters. The average molecular weight is 438 g/mol. The molecular weight excluding hydrogens is 409 g/mol. The molecule has 1 aromatic carbocycles. The van der Waals surface area contributed by atoms with Gasteiger partial charge in [-0.1, -0.05) is 12.1 Å². The number of hydrogen-bond acceptors (Lipinski definition) is 6. The minimum Gasteiger partial charge on any atom is -0.487 e. The van der Waals surface area contributed by atoms with Gasteiger partial charge >= 0.3 is 0 Å². The summed E-state index contributed by atoms with van der Waals surface area (Å²) in [5.74, 6) is -0.0466. The van der Waals surface area contributed by atoms with Gasteiger partial charge in [-0.05, 0) is 37.8 Å². The number of hydrogen-bond donors (Lipinski definition) is 0. The molecule has 4 rings (SSSR count). The molecule has 1 atom stereocenters. The van der Waals surface area contributed by atoms with Crippen molar-refractivity contribution in [1.82, 2.24) is 14.5 Å². The number of para-hydroxylation sites is 1. The Labute approximate surface area is 176 Å². The zero-order valence-electron chi connectivity index (χ0n) is 17.2. The fraction of sp³-hybridized carbons (Fsp3) is 0.571. The Bertz CT molecular complexity index is 964. The first-order valence-corrected chi connectivity index (χ1v) is 12.3. The number of benzene rings is 1. The third-order valence-corrected chi connectivity index (χ3v) is 6.68. The minimum absolute atomic E-state index is 0.0263.